The molecule has 0 aliphatic heterocycles. The second-order valence-corrected chi connectivity index (χ2v) is 6.88. The van der Waals surface area contributed by atoms with Crippen molar-refractivity contribution in [1.82, 2.24) is 5.32 Å². The first-order chi connectivity index (χ1) is 11.2. The summed E-state index contributed by atoms with van der Waals surface area (Å²) in [6, 6.07) is 6.60. The van der Waals surface area contributed by atoms with Crippen LogP contribution in [-0.2, 0) is 28.9 Å². The van der Waals surface area contributed by atoms with E-state index >= 15 is 0 Å². The summed E-state index contributed by atoms with van der Waals surface area (Å²) < 4.78 is 5.28. The fourth-order valence-corrected chi connectivity index (χ4v) is 3.83. The molecule has 3 atom stereocenters. The number of aryl methyl sites for hydroxylation is 2. The minimum atomic E-state index is -0.440. The molecule has 0 spiro atoms. The lowest BCUT2D eigenvalue weighted by molar-refractivity contribution is -0.130. The van der Waals surface area contributed by atoms with Crippen molar-refractivity contribution in [3.05, 3.63) is 34.9 Å². The molecular formula is C19H27NO3. The molecule has 1 saturated carbocycles. The molecule has 2 aliphatic carbocycles. The predicted octanol–water partition coefficient (Wildman–Crippen LogP) is 2.36. The molecule has 1 amide bonds. The quantitative estimate of drug-likeness (QED) is 0.896. The highest BCUT2D eigenvalue weighted by atomic mass is 16.5. The van der Waals surface area contributed by atoms with E-state index in [0.717, 1.165) is 12.8 Å². The first-order valence-electron chi connectivity index (χ1n) is 8.76. The van der Waals surface area contributed by atoms with Crippen LogP contribution in [0.25, 0.3) is 0 Å². The van der Waals surface area contributed by atoms with Crippen molar-refractivity contribution in [2.75, 3.05) is 7.11 Å². The Hall–Kier alpha value is -1.39. The first kappa shape index (κ1) is 16.5. The zero-order valence-corrected chi connectivity index (χ0v) is 13.9. The number of hydrogen-bond donors (Lipinski definition) is 2. The number of amides is 1. The van der Waals surface area contributed by atoms with Gasteiger partial charge < -0.3 is 15.2 Å². The average molecular weight is 317 g/mol. The SMILES string of the molecule is CO[C@@H]1C[C@H](C(=O)NCc2ccc3c(c2)CCCC3)CC[C@@H]1O. The molecule has 2 N–H and O–H groups in total. The van der Waals surface area contributed by atoms with Gasteiger partial charge in [-0.05, 0) is 61.6 Å². The van der Waals surface area contributed by atoms with Crippen molar-refractivity contribution in [1.29, 1.82) is 0 Å². The lowest BCUT2D eigenvalue weighted by Gasteiger charge is -2.31. The van der Waals surface area contributed by atoms with Gasteiger partial charge in [0.2, 0.25) is 5.91 Å². The molecular weight excluding hydrogens is 290 g/mol. The lowest BCUT2D eigenvalue weighted by atomic mass is 9.84. The summed E-state index contributed by atoms with van der Waals surface area (Å²) in [5.41, 5.74) is 4.09. The molecule has 4 heteroatoms. The summed E-state index contributed by atoms with van der Waals surface area (Å²) in [5, 5.41) is 12.9. The van der Waals surface area contributed by atoms with Crippen LogP contribution in [0.5, 0.6) is 0 Å². The minimum absolute atomic E-state index is 0.0547. The fraction of sp³-hybridized carbons (Fsp3) is 0.632. The summed E-state index contributed by atoms with van der Waals surface area (Å²) in [5.74, 6) is 0.0256. The molecule has 2 aliphatic rings. The van der Waals surface area contributed by atoms with Crippen LogP contribution in [0.3, 0.4) is 0 Å². The Morgan fingerprint density at radius 2 is 2.04 bits per heavy atom. The molecule has 4 nitrogen and oxygen atoms in total. The van der Waals surface area contributed by atoms with E-state index in [0.29, 0.717) is 19.4 Å². The minimum Gasteiger partial charge on any atom is -0.390 e. The Balaban J connectivity index is 1.54. The highest BCUT2D eigenvalue weighted by Crippen LogP contribution is 2.27. The monoisotopic (exact) mass is 317 g/mol. The summed E-state index contributed by atoms with van der Waals surface area (Å²) in [4.78, 5) is 12.4. The van der Waals surface area contributed by atoms with Crippen molar-refractivity contribution in [3.8, 4) is 0 Å². The number of ether oxygens (including phenoxy) is 1. The van der Waals surface area contributed by atoms with Gasteiger partial charge in [0.05, 0.1) is 12.2 Å². The maximum Gasteiger partial charge on any atom is 0.223 e. The lowest BCUT2D eigenvalue weighted by Crippen LogP contribution is -2.41. The summed E-state index contributed by atoms with van der Waals surface area (Å²) in [6.45, 7) is 0.586. The van der Waals surface area contributed by atoms with E-state index in [9.17, 15) is 9.90 Å². The van der Waals surface area contributed by atoms with Gasteiger partial charge in [0.25, 0.3) is 0 Å². The summed E-state index contributed by atoms with van der Waals surface area (Å²) in [7, 11) is 1.60. The third-order valence-corrected chi connectivity index (χ3v) is 5.31. The number of nitrogens with one attached hydrogen (secondary N) is 1. The second-order valence-electron chi connectivity index (χ2n) is 6.88. The zero-order valence-electron chi connectivity index (χ0n) is 13.9. The van der Waals surface area contributed by atoms with Crippen LogP contribution in [0, 0.1) is 5.92 Å². The second kappa shape index (κ2) is 7.45. The van der Waals surface area contributed by atoms with E-state index in [2.05, 4.69) is 23.5 Å². The zero-order chi connectivity index (χ0) is 16.2. The number of carbonyl (C=O) groups is 1. The number of methoxy groups -OCH3 is 1. The molecule has 0 saturated heterocycles. The van der Waals surface area contributed by atoms with Crippen molar-refractivity contribution in [2.24, 2.45) is 5.92 Å². The number of fused-ring (bicyclic) bond motifs is 1. The summed E-state index contributed by atoms with van der Waals surface area (Å²) >= 11 is 0. The molecule has 1 aromatic carbocycles. The molecule has 126 valence electrons. The number of hydrogen-bond acceptors (Lipinski definition) is 3. The summed E-state index contributed by atoms with van der Waals surface area (Å²) in [6.07, 6.45) is 6.22. The van der Waals surface area contributed by atoms with E-state index in [4.69, 9.17) is 4.74 Å². The molecule has 1 fully saturated rings. The normalized spacial score (nSPS) is 27.3. The molecule has 0 aromatic heterocycles. The van der Waals surface area contributed by atoms with Crippen molar-refractivity contribution in [2.45, 2.75) is 63.7 Å². The van der Waals surface area contributed by atoms with Crippen molar-refractivity contribution < 1.29 is 14.6 Å². The van der Waals surface area contributed by atoms with Gasteiger partial charge >= 0.3 is 0 Å². The molecule has 0 bridgehead atoms. The van der Waals surface area contributed by atoms with Gasteiger partial charge in [-0.3, -0.25) is 4.79 Å². The molecule has 3 rings (SSSR count). The largest absolute Gasteiger partial charge is 0.390 e. The maximum atomic E-state index is 12.4. The Morgan fingerprint density at radius 1 is 1.26 bits per heavy atom. The predicted molar refractivity (Wildman–Crippen MR) is 89.1 cm³/mol. The van der Waals surface area contributed by atoms with Crippen LogP contribution in [-0.4, -0.2) is 30.3 Å². The molecule has 1 aromatic rings. The molecule has 0 radical (unpaired) electrons. The van der Waals surface area contributed by atoms with Crippen LogP contribution in [0.4, 0.5) is 0 Å². The van der Waals surface area contributed by atoms with Gasteiger partial charge in [0.1, 0.15) is 0 Å². The van der Waals surface area contributed by atoms with Crippen LogP contribution >= 0.6 is 0 Å². The highest BCUT2D eigenvalue weighted by molar-refractivity contribution is 5.78. The van der Waals surface area contributed by atoms with E-state index in [1.165, 1.54) is 36.0 Å². The number of carbonyl (C=O) groups excluding carboxylic acids is 1. The molecule has 0 unspecified atom stereocenters. The Labute approximate surface area is 138 Å². The topological polar surface area (TPSA) is 58.6 Å². The highest BCUT2D eigenvalue weighted by Gasteiger charge is 2.32. The Kier molecular flexibility index (Phi) is 5.34. The van der Waals surface area contributed by atoms with Crippen LogP contribution in [0.2, 0.25) is 0 Å². The van der Waals surface area contributed by atoms with Gasteiger partial charge in [-0.2, -0.15) is 0 Å². The number of aliphatic hydroxyl groups excluding tert-OH is 1. The van der Waals surface area contributed by atoms with Crippen LogP contribution < -0.4 is 5.32 Å². The number of rotatable bonds is 4. The van der Waals surface area contributed by atoms with E-state index in [-0.39, 0.29) is 17.9 Å². The van der Waals surface area contributed by atoms with Crippen LogP contribution in [0.15, 0.2) is 18.2 Å². The van der Waals surface area contributed by atoms with Gasteiger partial charge in [-0.25, -0.2) is 0 Å². The van der Waals surface area contributed by atoms with Gasteiger partial charge in [-0.15, -0.1) is 0 Å². The van der Waals surface area contributed by atoms with Crippen molar-refractivity contribution in [3.63, 3.8) is 0 Å². The standard InChI is InChI=1S/C19H27NO3/c1-23-18-11-16(8-9-17(18)21)19(22)20-12-13-6-7-14-4-2-3-5-15(14)10-13/h6-7,10,16-18,21H,2-5,8-9,11-12H2,1H3,(H,20,22)/t16-,17+,18-/m1/s1. The van der Waals surface area contributed by atoms with E-state index < -0.39 is 6.10 Å². The molecule has 0 heterocycles. The Bertz CT molecular complexity index is 558. The van der Waals surface area contributed by atoms with Gasteiger partial charge in [0.15, 0.2) is 0 Å². The van der Waals surface area contributed by atoms with Crippen molar-refractivity contribution >= 4 is 5.91 Å². The van der Waals surface area contributed by atoms with E-state index in [1.807, 2.05) is 0 Å². The van der Waals surface area contributed by atoms with E-state index in [1.54, 1.807) is 7.11 Å². The number of aliphatic hydroxyl groups is 1. The number of benzene rings is 1. The van der Waals surface area contributed by atoms with Gasteiger partial charge in [0, 0.05) is 19.6 Å². The fourth-order valence-electron chi connectivity index (χ4n) is 3.83. The molecule has 23 heavy (non-hydrogen) atoms. The third kappa shape index (κ3) is 3.93. The average Bonchev–Trinajstić information content (AvgIpc) is 2.60. The van der Waals surface area contributed by atoms with Crippen LogP contribution in [0.1, 0.15) is 48.8 Å². The van der Waals surface area contributed by atoms with Gasteiger partial charge in [-0.1, -0.05) is 18.2 Å². The Morgan fingerprint density at radius 3 is 2.83 bits per heavy atom. The first-order valence-corrected chi connectivity index (χ1v) is 8.76. The smallest absolute Gasteiger partial charge is 0.223 e. The maximum absolute atomic E-state index is 12.4. The third-order valence-electron chi connectivity index (χ3n) is 5.31.